The Morgan fingerprint density at radius 3 is 2.53 bits per heavy atom. The van der Waals surface area contributed by atoms with Gasteiger partial charge in [0.1, 0.15) is 5.00 Å². The van der Waals surface area contributed by atoms with Gasteiger partial charge in [0.15, 0.2) is 0 Å². The monoisotopic (exact) mass is 283 g/mol. The molecule has 1 aromatic heterocycles. The number of hydrogen-bond acceptors (Lipinski definition) is 4. The molecule has 0 radical (unpaired) electrons. The van der Waals surface area contributed by atoms with Crippen LogP contribution in [0.25, 0.3) is 0 Å². The third-order valence-corrected chi connectivity index (χ3v) is 3.97. The Kier molecular flexibility index (Phi) is 5.54. The van der Waals surface area contributed by atoms with E-state index in [-0.39, 0.29) is 23.7 Å². The maximum atomic E-state index is 12.0. The van der Waals surface area contributed by atoms with E-state index in [0.29, 0.717) is 17.2 Å². The van der Waals surface area contributed by atoms with Crippen LogP contribution in [0.5, 0.6) is 0 Å². The second-order valence-corrected chi connectivity index (χ2v) is 6.10. The van der Waals surface area contributed by atoms with Crippen LogP contribution in [0.2, 0.25) is 0 Å². The van der Waals surface area contributed by atoms with Crippen LogP contribution in [0.1, 0.15) is 42.9 Å². The summed E-state index contributed by atoms with van der Waals surface area (Å²) in [6, 6.07) is 1.75. The highest BCUT2D eigenvalue weighted by atomic mass is 32.1. The summed E-state index contributed by atoms with van der Waals surface area (Å²) < 4.78 is 4.99. The molecule has 106 valence electrons. The molecular formula is C14H21NO3S. The van der Waals surface area contributed by atoms with Crippen molar-refractivity contribution >= 4 is 28.2 Å². The molecule has 1 aromatic rings. The van der Waals surface area contributed by atoms with Crippen LogP contribution in [0.3, 0.4) is 0 Å². The highest BCUT2D eigenvalue weighted by molar-refractivity contribution is 7.16. The first-order valence-electron chi connectivity index (χ1n) is 6.45. The van der Waals surface area contributed by atoms with Gasteiger partial charge < -0.3 is 10.1 Å². The van der Waals surface area contributed by atoms with Gasteiger partial charge >= 0.3 is 5.97 Å². The molecule has 1 N–H and O–H groups in total. The van der Waals surface area contributed by atoms with Gasteiger partial charge in [-0.2, -0.15) is 0 Å². The van der Waals surface area contributed by atoms with Gasteiger partial charge in [0.2, 0.25) is 5.91 Å². The van der Waals surface area contributed by atoms with E-state index in [9.17, 15) is 9.59 Å². The number of anilines is 1. The smallest absolute Gasteiger partial charge is 0.341 e. The van der Waals surface area contributed by atoms with Gasteiger partial charge in [-0.15, -0.1) is 11.3 Å². The van der Waals surface area contributed by atoms with Gasteiger partial charge in [0, 0.05) is 10.8 Å². The molecule has 1 atom stereocenters. The lowest BCUT2D eigenvalue weighted by molar-refractivity contribution is -0.120. The van der Waals surface area contributed by atoms with Crippen LogP contribution in [-0.4, -0.2) is 18.5 Å². The zero-order valence-corrected chi connectivity index (χ0v) is 12.9. The van der Waals surface area contributed by atoms with E-state index in [1.165, 1.54) is 11.3 Å². The van der Waals surface area contributed by atoms with Crippen LogP contribution < -0.4 is 5.32 Å². The molecule has 0 aliphatic carbocycles. The quantitative estimate of drug-likeness (QED) is 0.842. The Morgan fingerprint density at radius 1 is 1.37 bits per heavy atom. The molecule has 1 amide bonds. The number of carbonyl (C=O) groups is 2. The molecule has 0 bridgehead atoms. The van der Waals surface area contributed by atoms with Crippen molar-refractivity contribution in [3.05, 3.63) is 16.5 Å². The fourth-order valence-electron chi connectivity index (χ4n) is 1.50. The number of hydrogen-bond donors (Lipinski definition) is 1. The minimum absolute atomic E-state index is 0.0672. The molecule has 0 aliphatic rings. The molecule has 0 saturated carbocycles. The first kappa shape index (κ1) is 15.7. The summed E-state index contributed by atoms with van der Waals surface area (Å²) in [5.41, 5.74) is 0.439. The first-order valence-corrected chi connectivity index (χ1v) is 7.26. The van der Waals surface area contributed by atoms with Gasteiger partial charge in [-0.05, 0) is 25.8 Å². The van der Waals surface area contributed by atoms with Gasteiger partial charge in [-0.25, -0.2) is 4.79 Å². The lowest BCUT2D eigenvalue weighted by Crippen LogP contribution is -2.24. The van der Waals surface area contributed by atoms with E-state index in [0.717, 1.165) is 4.88 Å². The van der Waals surface area contributed by atoms with Crippen molar-refractivity contribution in [3.63, 3.8) is 0 Å². The van der Waals surface area contributed by atoms with Crippen LogP contribution >= 0.6 is 11.3 Å². The Bertz CT molecular complexity index is 465. The second kappa shape index (κ2) is 6.70. The number of ether oxygens (including phenoxy) is 1. The molecule has 1 rings (SSSR count). The van der Waals surface area contributed by atoms with E-state index in [4.69, 9.17) is 4.74 Å². The molecule has 19 heavy (non-hydrogen) atoms. The number of rotatable bonds is 5. The molecule has 0 fully saturated rings. The van der Waals surface area contributed by atoms with E-state index in [2.05, 4.69) is 5.32 Å². The maximum absolute atomic E-state index is 12.0. The van der Waals surface area contributed by atoms with Crippen molar-refractivity contribution < 1.29 is 14.3 Å². The Morgan fingerprint density at radius 2 is 2.00 bits per heavy atom. The van der Waals surface area contributed by atoms with E-state index in [1.54, 1.807) is 13.0 Å². The van der Waals surface area contributed by atoms with Crippen LogP contribution in [-0.2, 0) is 9.53 Å². The van der Waals surface area contributed by atoms with Gasteiger partial charge in [-0.3, -0.25) is 4.79 Å². The van der Waals surface area contributed by atoms with Crippen molar-refractivity contribution in [2.45, 2.75) is 34.6 Å². The molecule has 0 saturated heterocycles. The number of nitrogens with one attached hydrogen (secondary N) is 1. The minimum atomic E-state index is -0.389. The van der Waals surface area contributed by atoms with Crippen LogP contribution in [0, 0.1) is 18.8 Å². The molecule has 0 aromatic carbocycles. The molecular weight excluding hydrogens is 262 g/mol. The molecule has 5 heteroatoms. The van der Waals surface area contributed by atoms with E-state index >= 15 is 0 Å². The van der Waals surface area contributed by atoms with Crippen molar-refractivity contribution in [1.82, 2.24) is 0 Å². The van der Waals surface area contributed by atoms with Crippen LogP contribution in [0.4, 0.5) is 5.00 Å². The highest BCUT2D eigenvalue weighted by Gasteiger charge is 2.21. The summed E-state index contributed by atoms with van der Waals surface area (Å²) in [6.07, 6.45) is 0. The van der Waals surface area contributed by atoms with Crippen molar-refractivity contribution in [2.75, 3.05) is 11.9 Å². The summed E-state index contributed by atoms with van der Waals surface area (Å²) in [5, 5.41) is 3.41. The van der Waals surface area contributed by atoms with E-state index < -0.39 is 0 Å². The SMILES string of the molecule is CCOC(=O)c1cc(C)sc1NC(=O)C(C)C(C)C. The minimum Gasteiger partial charge on any atom is -0.462 e. The summed E-state index contributed by atoms with van der Waals surface area (Å²) >= 11 is 1.39. The average Bonchev–Trinajstić information content (AvgIpc) is 2.69. The highest BCUT2D eigenvalue weighted by Crippen LogP contribution is 2.29. The molecule has 4 nitrogen and oxygen atoms in total. The Labute approximate surface area is 118 Å². The predicted octanol–water partition coefficient (Wildman–Crippen LogP) is 3.46. The fraction of sp³-hybridized carbons (Fsp3) is 0.571. The van der Waals surface area contributed by atoms with Crippen LogP contribution in [0.15, 0.2) is 6.07 Å². The topological polar surface area (TPSA) is 55.4 Å². The number of aryl methyl sites for hydroxylation is 1. The summed E-state index contributed by atoms with van der Waals surface area (Å²) in [6.45, 7) is 9.85. The summed E-state index contributed by atoms with van der Waals surface area (Å²) in [7, 11) is 0. The largest absolute Gasteiger partial charge is 0.462 e. The fourth-order valence-corrected chi connectivity index (χ4v) is 2.40. The van der Waals surface area contributed by atoms with Crippen molar-refractivity contribution in [1.29, 1.82) is 0 Å². The molecule has 0 aliphatic heterocycles. The van der Waals surface area contributed by atoms with Crippen molar-refractivity contribution in [2.24, 2.45) is 11.8 Å². The Hall–Kier alpha value is -1.36. The number of thiophene rings is 1. The number of amides is 1. The lowest BCUT2D eigenvalue weighted by Gasteiger charge is -2.15. The van der Waals surface area contributed by atoms with Crippen molar-refractivity contribution in [3.8, 4) is 0 Å². The maximum Gasteiger partial charge on any atom is 0.341 e. The standard InChI is InChI=1S/C14H21NO3S/c1-6-18-14(17)11-7-9(4)19-13(11)15-12(16)10(5)8(2)3/h7-8,10H,6H2,1-5H3,(H,15,16). The average molecular weight is 283 g/mol. The third kappa shape index (κ3) is 4.06. The van der Waals surface area contributed by atoms with Gasteiger partial charge in [0.25, 0.3) is 0 Å². The third-order valence-electron chi connectivity index (χ3n) is 3.00. The molecule has 1 heterocycles. The lowest BCUT2D eigenvalue weighted by atomic mass is 9.97. The second-order valence-electron chi connectivity index (χ2n) is 4.84. The number of esters is 1. The molecule has 1 unspecified atom stereocenters. The first-order chi connectivity index (χ1) is 8.86. The Balaban J connectivity index is 2.89. The van der Waals surface area contributed by atoms with Gasteiger partial charge in [0.05, 0.1) is 12.2 Å². The molecule has 0 spiro atoms. The zero-order valence-electron chi connectivity index (χ0n) is 12.1. The number of carbonyl (C=O) groups excluding carboxylic acids is 2. The normalized spacial score (nSPS) is 12.3. The summed E-state index contributed by atoms with van der Waals surface area (Å²) in [5.74, 6) is -0.300. The summed E-state index contributed by atoms with van der Waals surface area (Å²) in [4.78, 5) is 24.8. The van der Waals surface area contributed by atoms with E-state index in [1.807, 2.05) is 27.7 Å². The zero-order chi connectivity index (χ0) is 14.6. The van der Waals surface area contributed by atoms with Gasteiger partial charge in [-0.1, -0.05) is 20.8 Å². The predicted molar refractivity (Wildman–Crippen MR) is 77.6 cm³/mol.